The summed E-state index contributed by atoms with van der Waals surface area (Å²) >= 11 is 0. The molecule has 1 amide bonds. The number of amides is 1. The van der Waals surface area contributed by atoms with Gasteiger partial charge in [0.15, 0.2) is 11.5 Å². The lowest BCUT2D eigenvalue weighted by molar-refractivity contribution is 0.0833. The van der Waals surface area contributed by atoms with Crippen molar-refractivity contribution >= 4 is 15.9 Å². The summed E-state index contributed by atoms with van der Waals surface area (Å²) in [6, 6.07) is 9.45. The van der Waals surface area contributed by atoms with E-state index in [1.807, 2.05) is 0 Å². The maximum Gasteiger partial charge on any atom is 0.251 e. The van der Waals surface area contributed by atoms with E-state index in [4.69, 9.17) is 14.2 Å². The van der Waals surface area contributed by atoms with Gasteiger partial charge in [-0.05, 0) is 36.8 Å². The van der Waals surface area contributed by atoms with Gasteiger partial charge in [0.25, 0.3) is 5.91 Å². The number of hydrogen-bond acceptors (Lipinski definition) is 7. The minimum Gasteiger partial charge on any atom is -0.493 e. The van der Waals surface area contributed by atoms with E-state index >= 15 is 0 Å². The zero-order valence-corrected chi connectivity index (χ0v) is 18.8. The standard InChI is InChI=1S/C21H28N2O7S/c1-5-23-31(26,27)16-10-9-14(2)17(11-16)21(25)22-12-15(24)13-30-20-18(28-3)7-6-8-19(20)29-4/h6-11,15,23-24H,5,12-13H2,1-4H3,(H,22,25). The summed E-state index contributed by atoms with van der Waals surface area (Å²) in [4.78, 5) is 12.6. The second-order valence-electron chi connectivity index (χ2n) is 6.64. The van der Waals surface area contributed by atoms with E-state index in [9.17, 15) is 18.3 Å². The van der Waals surface area contributed by atoms with Crippen LogP contribution in [0.3, 0.4) is 0 Å². The molecule has 9 nitrogen and oxygen atoms in total. The molecule has 0 spiro atoms. The van der Waals surface area contributed by atoms with Gasteiger partial charge in [0.1, 0.15) is 12.7 Å². The van der Waals surface area contributed by atoms with Gasteiger partial charge in [0.05, 0.1) is 19.1 Å². The lowest BCUT2D eigenvalue weighted by atomic mass is 10.1. The van der Waals surface area contributed by atoms with Gasteiger partial charge in [-0.25, -0.2) is 13.1 Å². The normalized spacial score (nSPS) is 12.2. The third-order valence-electron chi connectivity index (χ3n) is 4.40. The van der Waals surface area contributed by atoms with Crippen molar-refractivity contribution in [3.63, 3.8) is 0 Å². The molecule has 0 bridgehead atoms. The van der Waals surface area contributed by atoms with E-state index in [1.165, 1.54) is 26.4 Å². The van der Waals surface area contributed by atoms with E-state index in [1.54, 1.807) is 38.1 Å². The highest BCUT2D eigenvalue weighted by atomic mass is 32.2. The topological polar surface area (TPSA) is 123 Å². The Morgan fingerprint density at radius 1 is 1.13 bits per heavy atom. The number of aryl methyl sites for hydroxylation is 1. The Bertz CT molecular complexity index is 987. The van der Waals surface area contributed by atoms with Crippen LogP contribution >= 0.6 is 0 Å². The average molecular weight is 453 g/mol. The minimum absolute atomic E-state index is 0.00255. The molecule has 2 rings (SSSR count). The number of nitrogens with one attached hydrogen (secondary N) is 2. The third-order valence-corrected chi connectivity index (χ3v) is 5.94. The number of carbonyl (C=O) groups excluding carboxylic acids is 1. The zero-order valence-electron chi connectivity index (χ0n) is 18.0. The summed E-state index contributed by atoms with van der Waals surface area (Å²) in [5, 5.41) is 12.8. The van der Waals surface area contributed by atoms with Crippen LogP contribution in [0.5, 0.6) is 17.2 Å². The molecule has 10 heteroatoms. The lowest BCUT2D eigenvalue weighted by Crippen LogP contribution is -2.35. The van der Waals surface area contributed by atoms with Crippen LogP contribution in [-0.4, -0.2) is 59.5 Å². The van der Waals surface area contributed by atoms with Crippen LogP contribution in [0.15, 0.2) is 41.3 Å². The Kier molecular flexibility index (Phi) is 8.66. The van der Waals surface area contributed by atoms with E-state index < -0.39 is 22.0 Å². The van der Waals surface area contributed by atoms with Gasteiger partial charge in [-0.2, -0.15) is 0 Å². The number of aliphatic hydroxyl groups excluding tert-OH is 1. The summed E-state index contributed by atoms with van der Waals surface area (Å²) in [5.41, 5.74) is 0.816. The van der Waals surface area contributed by atoms with Crippen molar-refractivity contribution in [1.82, 2.24) is 10.0 Å². The van der Waals surface area contributed by atoms with Crippen molar-refractivity contribution in [2.75, 3.05) is 33.9 Å². The molecule has 31 heavy (non-hydrogen) atoms. The molecule has 3 N–H and O–H groups in total. The average Bonchev–Trinajstić information content (AvgIpc) is 2.75. The molecule has 0 aliphatic carbocycles. The molecule has 1 atom stereocenters. The molecule has 2 aromatic carbocycles. The summed E-state index contributed by atoms with van der Waals surface area (Å²) in [6.45, 7) is 3.39. The molecule has 0 aliphatic rings. The highest BCUT2D eigenvalue weighted by Gasteiger charge is 2.19. The van der Waals surface area contributed by atoms with Crippen molar-refractivity contribution in [2.24, 2.45) is 0 Å². The second-order valence-corrected chi connectivity index (χ2v) is 8.41. The fourth-order valence-corrected chi connectivity index (χ4v) is 3.86. The molecular formula is C21H28N2O7S. The van der Waals surface area contributed by atoms with E-state index in [0.29, 0.717) is 22.8 Å². The maximum absolute atomic E-state index is 12.6. The van der Waals surface area contributed by atoms with Crippen LogP contribution < -0.4 is 24.2 Å². The number of sulfonamides is 1. The van der Waals surface area contributed by atoms with E-state index in [-0.39, 0.29) is 30.2 Å². The number of ether oxygens (including phenoxy) is 3. The molecule has 0 saturated heterocycles. The van der Waals surface area contributed by atoms with Crippen LogP contribution in [0, 0.1) is 6.92 Å². The van der Waals surface area contributed by atoms with Gasteiger partial charge >= 0.3 is 0 Å². The number of rotatable bonds is 11. The summed E-state index contributed by atoms with van der Waals surface area (Å²) in [6.07, 6.45) is -1.02. The molecule has 0 aromatic heterocycles. The van der Waals surface area contributed by atoms with Gasteiger partial charge in [-0.15, -0.1) is 0 Å². The molecule has 0 saturated carbocycles. The minimum atomic E-state index is -3.69. The second kappa shape index (κ2) is 11.0. The predicted octanol–water partition coefficient (Wildman–Crippen LogP) is 1.48. The Balaban J connectivity index is 2.02. The fraction of sp³-hybridized carbons (Fsp3) is 0.381. The predicted molar refractivity (Wildman–Crippen MR) is 115 cm³/mol. The van der Waals surface area contributed by atoms with Crippen molar-refractivity contribution < 1.29 is 32.5 Å². The first-order valence-corrected chi connectivity index (χ1v) is 11.1. The van der Waals surface area contributed by atoms with Crippen molar-refractivity contribution in [3.05, 3.63) is 47.5 Å². The number of aliphatic hydroxyl groups is 1. The van der Waals surface area contributed by atoms with Crippen LogP contribution in [0.2, 0.25) is 0 Å². The highest BCUT2D eigenvalue weighted by Crippen LogP contribution is 2.36. The lowest BCUT2D eigenvalue weighted by Gasteiger charge is -2.17. The monoisotopic (exact) mass is 452 g/mol. The number of carbonyl (C=O) groups is 1. The quantitative estimate of drug-likeness (QED) is 0.472. The van der Waals surface area contributed by atoms with Crippen LogP contribution in [0.25, 0.3) is 0 Å². The van der Waals surface area contributed by atoms with Crippen molar-refractivity contribution in [1.29, 1.82) is 0 Å². The van der Waals surface area contributed by atoms with Crippen LogP contribution in [0.4, 0.5) is 0 Å². The van der Waals surface area contributed by atoms with Crippen molar-refractivity contribution in [2.45, 2.75) is 24.8 Å². The number of para-hydroxylation sites is 1. The Morgan fingerprint density at radius 3 is 2.35 bits per heavy atom. The van der Waals surface area contributed by atoms with Gasteiger partial charge in [-0.3, -0.25) is 4.79 Å². The largest absolute Gasteiger partial charge is 0.493 e. The molecule has 170 valence electrons. The van der Waals surface area contributed by atoms with Gasteiger partial charge in [-0.1, -0.05) is 19.1 Å². The fourth-order valence-electron chi connectivity index (χ4n) is 2.79. The van der Waals surface area contributed by atoms with E-state index in [0.717, 1.165) is 0 Å². The molecule has 2 aromatic rings. The van der Waals surface area contributed by atoms with Gasteiger partial charge < -0.3 is 24.6 Å². The first kappa shape index (κ1) is 24.4. The smallest absolute Gasteiger partial charge is 0.251 e. The van der Waals surface area contributed by atoms with Gasteiger partial charge in [0.2, 0.25) is 15.8 Å². The summed E-state index contributed by atoms with van der Waals surface area (Å²) in [7, 11) is -0.708. The van der Waals surface area contributed by atoms with E-state index in [2.05, 4.69) is 10.0 Å². The van der Waals surface area contributed by atoms with Crippen LogP contribution in [0.1, 0.15) is 22.8 Å². The molecule has 0 radical (unpaired) electrons. The first-order valence-electron chi connectivity index (χ1n) is 9.63. The summed E-state index contributed by atoms with van der Waals surface area (Å²) in [5.74, 6) is 0.741. The Hall–Kier alpha value is -2.82. The van der Waals surface area contributed by atoms with Crippen LogP contribution in [-0.2, 0) is 10.0 Å². The molecule has 0 aliphatic heterocycles. The molecule has 0 heterocycles. The molecule has 1 unspecified atom stereocenters. The third kappa shape index (κ3) is 6.33. The maximum atomic E-state index is 12.6. The number of methoxy groups -OCH3 is 2. The molecular weight excluding hydrogens is 424 g/mol. The Morgan fingerprint density at radius 2 is 1.77 bits per heavy atom. The summed E-state index contributed by atoms with van der Waals surface area (Å²) < 4.78 is 42.9. The molecule has 0 fully saturated rings. The highest BCUT2D eigenvalue weighted by molar-refractivity contribution is 7.89. The van der Waals surface area contributed by atoms with Gasteiger partial charge in [0, 0.05) is 18.7 Å². The number of benzene rings is 2. The SMILES string of the molecule is CCNS(=O)(=O)c1ccc(C)c(C(=O)NCC(O)COc2c(OC)cccc2OC)c1. The van der Waals surface area contributed by atoms with Crippen molar-refractivity contribution in [3.8, 4) is 17.2 Å². The Labute approximate surface area is 182 Å². The number of hydrogen-bond donors (Lipinski definition) is 3. The zero-order chi connectivity index (χ0) is 23.0. The first-order chi connectivity index (χ1) is 14.7.